The summed E-state index contributed by atoms with van der Waals surface area (Å²) in [7, 11) is 0. The third-order valence-corrected chi connectivity index (χ3v) is 10.6. The summed E-state index contributed by atoms with van der Waals surface area (Å²) < 4.78 is 39.9. The van der Waals surface area contributed by atoms with E-state index in [9.17, 15) is 23.1 Å². The molecule has 8 atom stereocenters. The van der Waals surface area contributed by atoms with E-state index in [1.807, 2.05) is 6.92 Å². The second-order valence-electron chi connectivity index (χ2n) is 12.4. The number of rotatable bonds is 3. The van der Waals surface area contributed by atoms with Crippen LogP contribution < -0.4 is 0 Å². The van der Waals surface area contributed by atoms with Crippen molar-refractivity contribution in [2.24, 2.45) is 40.4 Å². The Bertz CT molecular complexity index is 925. The van der Waals surface area contributed by atoms with Gasteiger partial charge in [-0.05, 0) is 105 Å². The molecule has 0 aliphatic heterocycles. The largest absolute Gasteiger partial charge is 0.435 e. The minimum Gasteiger partial charge on any atom is -0.390 e. The first kappa shape index (κ1) is 23.4. The number of carbonyl (C=O) groups is 1. The Morgan fingerprint density at radius 2 is 1.79 bits per heavy atom. The van der Waals surface area contributed by atoms with Gasteiger partial charge in [-0.25, -0.2) is 0 Å². The van der Waals surface area contributed by atoms with E-state index in [0.717, 1.165) is 62.1 Å². The van der Waals surface area contributed by atoms with Gasteiger partial charge in [-0.3, -0.25) is 9.48 Å². The normalized spacial score (nSPS) is 45.2. The van der Waals surface area contributed by atoms with Crippen LogP contribution in [0, 0.1) is 40.4 Å². The number of aromatic nitrogens is 2. The molecule has 4 fully saturated rings. The highest BCUT2D eigenvalue weighted by molar-refractivity contribution is 5.82. The van der Waals surface area contributed by atoms with Gasteiger partial charge >= 0.3 is 6.18 Å². The van der Waals surface area contributed by atoms with Crippen LogP contribution in [0.1, 0.15) is 84.3 Å². The second-order valence-corrected chi connectivity index (χ2v) is 12.4. The summed E-state index contributed by atoms with van der Waals surface area (Å²) in [6.45, 7) is 6.64. The third kappa shape index (κ3) is 3.77. The number of alkyl halides is 3. The van der Waals surface area contributed by atoms with Gasteiger partial charge in [0.05, 0.1) is 12.1 Å². The van der Waals surface area contributed by atoms with Gasteiger partial charge in [0.2, 0.25) is 0 Å². The maximum atomic E-state index is 13.3. The Kier molecular flexibility index (Phi) is 5.36. The van der Waals surface area contributed by atoms with Crippen LogP contribution in [0.2, 0.25) is 0 Å². The van der Waals surface area contributed by atoms with Crippen LogP contribution in [0.3, 0.4) is 0 Å². The van der Waals surface area contributed by atoms with Gasteiger partial charge in [0.15, 0.2) is 11.5 Å². The Morgan fingerprint density at radius 3 is 2.48 bits per heavy atom. The number of halogens is 3. The maximum absolute atomic E-state index is 13.3. The molecule has 5 rings (SSSR count). The van der Waals surface area contributed by atoms with Crippen LogP contribution >= 0.6 is 0 Å². The zero-order valence-electron chi connectivity index (χ0n) is 20.0. The molecule has 0 saturated heterocycles. The number of Topliss-reactive ketones (excluding diaryl/α,β-unsaturated/α-hetero) is 1. The predicted molar refractivity (Wildman–Crippen MR) is 118 cm³/mol. The molecule has 4 nitrogen and oxygen atoms in total. The average molecular weight is 467 g/mol. The van der Waals surface area contributed by atoms with Gasteiger partial charge in [-0.1, -0.05) is 13.8 Å². The van der Waals surface area contributed by atoms with E-state index >= 15 is 0 Å². The number of hydrogen-bond donors (Lipinski definition) is 1. The highest BCUT2D eigenvalue weighted by atomic mass is 19.4. The van der Waals surface area contributed by atoms with Gasteiger partial charge in [0, 0.05) is 12.1 Å². The van der Waals surface area contributed by atoms with Gasteiger partial charge in [0.1, 0.15) is 0 Å². The summed E-state index contributed by atoms with van der Waals surface area (Å²) in [6.07, 6.45) is 5.99. The average Bonchev–Trinajstić information content (AvgIpc) is 3.32. The van der Waals surface area contributed by atoms with Crippen LogP contribution in [0.15, 0.2) is 12.3 Å². The molecule has 0 aromatic carbocycles. The molecule has 33 heavy (non-hydrogen) atoms. The van der Waals surface area contributed by atoms with Gasteiger partial charge in [-0.2, -0.15) is 18.3 Å². The summed E-state index contributed by atoms with van der Waals surface area (Å²) in [4.78, 5) is 13.3. The zero-order chi connectivity index (χ0) is 23.8. The lowest BCUT2D eigenvalue weighted by Gasteiger charge is -2.61. The summed E-state index contributed by atoms with van der Waals surface area (Å²) in [6, 6.07) is 0.943. The van der Waals surface area contributed by atoms with Crippen molar-refractivity contribution >= 4 is 5.78 Å². The Morgan fingerprint density at radius 1 is 1.06 bits per heavy atom. The fourth-order valence-electron chi connectivity index (χ4n) is 8.83. The highest BCUT2D eigenvalue weighted by Crippen LogP contribution is 2.68. The zero-order valence-corrected chi connectivity index (χ0v) is 20.0. The summed E-state index contributed by atoms with van der Waals surface area (Å²) in [5, 5.41) is 14.3. The molecule has 184 valence electrons. The minimum absolute atomic E-state index is 0.0314. The SMILES string of the molecule is C[C@@]1(O)CC[C@]2(C)C3CC[C@]4(C)[C@@H](C(=O)Cn5ccc(C(F)(F)F)n5)CC[C@H]4[C@@H]3CC[C@@H]2C1. The molecule has 0 spiro atoms. The van der Waals surface area contributed by atoms with E-state index in [0.29, 0.717) is 23.7 Å². The van der Waals surface area contributed by atoms with Crippen LogP contribution in [0.4, 0.5) is 13.2 Å². The number of ketones is 1. The molecule has 7 heteroatoms. The fourth-order valence-corrected chi connectivity index (χ4v) is 8.83. The lowest BCUT2D eigenvalue weighted by Crippen LogP contribution is -2.55. The maximum Gasteiger partial charge on any atom is 0.435 e. The second kappa shape index (κ2) is 7.56. The molecule has 4 saturated carbocycles. The highest BCUT2D eigenvalue weighted by Gasteiger charge is 2.61. The molecule has 1 aromatic heterocycles. The van der Waals surface area contributed by atoms with E-state index in [2.05, 4.69) is 18.9 Å². The van der Waals surface area contributed by atoms with Crippen molar-refractivity contribution in [3.05, 3.63) is 18.0 Å². The molecule has 1 N–H and O–H groups in total. The van der Waals surface area contributed by atoms with E-state index in [-0.39, 0.29) is 29.1 Å². The quantitative estimate of drug-likeness (QED) is 0.605. The van der Waals surface area contributed by atoms with Crippen molar-refractivity contribution in [1.29, 1.82) is 0 Å². The topological polar surface area (TPSA) is 55.1 Å². The Balaban J connectivity index is 1.31. The summed E-state index contributed by atoms with van der Waals surface area (Å²) in [5.41, 5.74) is -1.27. The van der Waals surface area contributed by atoms with E-state index in [1.165, 1.54) is 12.6 Å². The Labute approximate surface area is 194 Å². The third-order valence-electron chi connectivity index (χ3n) is 10.6. The molecular formula is C26H37F3N2O2. The number of nitrogens with zero attached hydrogens (tertiary/aromatic N) is 2. The first-order chi connectivity index (χ1) is 15.3. The standard InChI is InChI=1S/C26H37F3N2O2/c1-23(33)11-12-24(2)16(14-23)4-5-17-18-6-7-20(25(18,3)10-8-19(17)24)21(32)15-31-13-9-22(30-31)26(27,28)29/h9,13,16-20,33H,4-8,10-12,14-15H2,1-3H3/t16-,17+,18+,19?,20-,23-,24+,25+/m1/s1. The lowest BCUT2D eigenvalue weighted by molar-refractivity contribution is -0.151. The number of aliphatic hydroxyl groups is 1. The minimum atomic E-state index is -4.49. The molecule has 1 unspecified atom stereocenters. The fraction of sp³-hybridized carbons (Fsp3) is 0.846. The molecule has 1 aromatic rings. The van der Waals surface area contributed by atoms with Crippen LogP contribution in [0.5, 0.6) is 0 Å². The molecule has 0 bridgehead atoms. The van der Waals surface area contributed by atoms with Crippen molar-refractivity contribution in [3.8, 4) is 0 Å². The summed E-state index contributed by atoms with van der Waals surface area (Å²) in [5.74, 6) is 2.29. The molecule has 0 radical (unpaired) electrons. The van der Waals surface area contributed by atoms with Crippen molar-refractivity contribution < 1.29 is 23.1 Å². The number of hydrogen-bond acceptors (Lipinski definition) is 3. The Hall–Kier alpha value is -1.37. The summed E-state index contributed by atoms with van der Waals surface area (Å²) >= 11 is 0. The van der Waals surface area contributed by atoms with Crippen LogP contribution in [0.25, 0.3) is 0 Å². The molecule has 4 aliphatic carbocycles. The first-order valence-electron chi connectivity index (χ1n) is 12.7. The van der Waals surface area contributed by atoms with E-state index < -0.39 is 17.5 Å². The number of fused-ring (bicyclic) bond motifs is 5. The van der Waals surface area contributed by atoms with Crippen LogP contribution in [-0.2, 0) is 17.5 Å². The molecule has 1 heterocycles. The predicted octanol–water partition coefficient (Wildman–Crippen LogP) is 5.88. The van der Waals surface area contributed by atoms with Crippen molar-refractivity contribution in [3.63, 3.8) is 0 Å². The van der Waals surface area contributed by atoms with E-state index in [1.54, 1.807) is 0 Å². The molecular weight excluding hydrogens is 429 g/mol. The molecule has 0 amide bonds. The van der Waals surface area contributed by atoms with Crippen molar-refractivity contribution in [1.82, 2.24) is 9.78 Å². The smallest absolute Gasteiger partial charge is 0.390 e. The van der Waals surface area contributed by atoms with E-state index in [4.69, 9.17) is 0 Å². The lowest BCUT2D eigenvalue weighted by atomic mass is 9.44. The van der Waals surface area contributed by atoms with Crippen molar-refractivity contribution in [2.45, 2.75) is 96.9 Å². The van der Waals surface area contributed by atoms with Gasteiger partial charge < -0.3 is 5.11 Å². The number of carbonyl (C=O) groups excluding carboxylic acids is 1. The van der Waals surface area contributed by atoms with Crippen molar-refractivity contribution in [2.75, 3.05) is 0 Å². The first-order valence-corrected chi connectivity index (χ1v) is 12.7. The van der Waals surface area contributed by atoms with Gasteiger partial charge in [-0.15, -0.1) is 0 Å². The van der Waals surface area contributed by atoms with Gasteiger partial charge in [0.25, 0.3) is 0 Å². The molecule has 4 aliphatic rings. The van der Waals surface area contributed by atoms with Crippen LogP contribution in [-0.4, -0.2) is 26.3 Å². The monoisotopic (exact) mass is 466 g/mol.